The third-order valence-electron chi connectivity index (χ3n) is 5.18. The Kier molecular flexibility index (Phi) is 12.1. The zero-order valence-corrected chi connectivity index (χ0v) is 18.5. The Bertz CT molecular complexity index is 637. The van der Waals surface area contributed by atoms with Crippen LogP contribution in [0.2, 0.25) is 0 Å². The zero-order valence-electron chi connectivity index (χ0n) is 18.5. The fraction of sp³-hybridized carbons (Fsp3) is 0.577. The maximum Gasteiger partial charge on any atom is 0.119 e. The normalized spacial score (nSPS) is 11.0. The van der Waals surface area contributed by atoms with Crippen LogP contribution in [0.4, 0.5) is 0 Å². The molecular formula is C26H39NO2. The average molecular weight is 398 g/mol. The van der Waals surface area contributed by atoms with E-state index in [1.807, 2.05) is 18.3 Å². The van der Waals surface area contributed by atoms with Gasteiger partial charge in [0.05, 0.1) is 12.3 Å². The first-order valence-corrected chi connectivity index (χ1v) is 11.6. The van der Waals surface area contributed by atoms with Gasteiger partial charge in [-0.3, -0.25) is 4.98 Å². The highest BCUT2D eigenvalue weighted by atomic mass is 16.5. The standard InChI is InChI=1S/C26H39NO2/c1-3-5-7-9-11-19-28-20-21-29-25-16-14-24(15-17-25)26-18-13-23(22-27-26)12-10-8-6-4-2/h13-18,22H,3-12,19-21H2,1-2H3. The van der Waals surface area contributed by atoms with Crippen molar-refractivity contribution in [2.24, 2.45) is 0 Å². The van der Waals surface area contributed by atoms with E-state index in [0.717, 1.165) is 36.5 Å². The highest BCUT2D eigenvalue weighted by Gasteiger charge is 2.02. The molecule has 1 heterocycles. The van der Waals surface area contributed by atoms with Crippen LogP contribution in [-0.4, -0.2) is 24.8 Å². The summed E-state index contributed by atoms with van der Waals surface area (Å²) in [7, 11) is 0. The first-order chi connectivity index (χ1) is 14.3. The second kappa shape index (κ2) is 15.0. The molecule has 0 bridgehead atoms. The predicted molar refractivity (Wildman–Crippen MR) is 123 cm³/mol. The second-order valence-corrected chi connectivity index (χ2v) is 7.76. The molecule has 0 atom stereocenters. The van der Waals surface area contributed by atoms with Crippen molar-refractivity contribution in [3.63, 3.8) is 0 Å². The third kappa shape index (κ3) is 9.94. The molecule has 160 valence electrons. The fourth-order valence-corrected chi connectivity index (χ4v) is 3.35. The molecule has 0 N–H and O–H groups in total. The van der Waals surface area contributed by atoms with E-state index in [1.54, 1.807) is 0 Å². The fourth-order valence-electron chi connectivity index (χ4n) is 3.35. The number of hydrogen-bond acceptors (Lipinski definition) is 3. The number of ether oxygens (including phenoxy) is 2. The maximum atomic E-state index is 5.78. The predicted octanol–water partition coefficient (Wildman–Crippen LogP) is 7.24. The van der Waals surface area contributed by atoms with E-state index in [9.17, 15) is 0 Å². The van der Waals surface area contributed by atoms with E-state index in [0.29, 0.717) is 13.2 Å². The Morgan fingerprint density at radius 2 is 1.41 bits per heavy atom. The van der Waals surface area contributed by atoms with Crippen LogP contribution in [0.15, 0.2) is 42.6 Å². The lowest BCUT2D eigenvalue weighted by Crippen LogP contribution is -2.07. The summed E-state index contributed by atoms with van der Waals surface area (Å²) < 4.78 is 11.4. The summed E-state index contributed by atoms with van der Waals surface area (Å²) in [5.74, 6) is 0.882. The number of unbranched alkanes of at least 4 members (excludes halogenated alkanes) is 7. The Morgan fingerprint density at radius 3 is 2.10 bits per heavy atom. The topological polar surface area (TPSA) is 31.4 Å². The molecule has 0 radical (unpaired) electrons. The number of hydrogen-bond donors (Lipinski definition) is 0. The van der Waals surface area contributed by atoms with Gasteiger partial charge < -0.3 is 9.47 Å². The number of benzene rings is 1. The van der Waals surface area contributed by atoms with Gasteiger partial charge in [-0.05, 0) is 55.2 Å². The number of aryl methyl sites for hydroxylation is 1. The second-order valence-electron chi connectivity index (χ2n) is 7.76. The molecule has 0 spiro atoms. The van der Waals surface area contributed by atoms with Crippen LogP contribution in [-0.2, 0) is 11.2 Å². The van der Waals surface area contributed by atoms with Crippen LogP contribution < -0.4 is 4.74 Å². The van der Waals surface area contributed by atoms with Crippen molar-refractivity contribution < 1.29 is 9.47 Å². The zero-order chi connectivity index (χ0) is 20.6. The Labute approximate surface area is 177 Å². The molecule has 3 nitrogen and oxygen atoms in total. The van der Waals surface area contributed by atoms with Gasteiger partial charge in [0, 0.05) is 18.4 Å². The van der Waals surface area contributed by atoms with Gasteiger partial charge in [0.2, 0.25) is 0 Å². The summed E-state index contributed by atoms with van der Waals surface area (Å²) in [6, 6.07) is 12.5. The molecule has 0 fully saturated rings. The van der Waals surface area contributed by atoms with Crippen molar-refractivity contribution in [2.45, 2.75) is 78.1 Å². The first kappa shape index (κ1) is 23.4. The lowest BCUT2D eigenvalue weighted by atomic mass is 10.1. The molecule has 0 aliphatic heterocycles. The summed E-state index contributed by atoms with van der Waals surface area (Å²) in [5.41, 5.74) is 3.47. The number of aromatic nitrogens is 1. The smallest absolute Gasteiger partial charge is 0.119 e. The largest absolute Gasteiger partial charge is 0.491 e. The lowest BCUT2D eigenvalue weighted by Gasteiger charge is -2.08. The van der Waals surface area contributed by atoms with Crippen molar-refractivity contribution in [1.82, 2.24) is 4.98 Å². The number of nitrogens with zero attached hydrogens (tertiary/aromatic N) is 1. The van der Waals surface area contributed by atoms with Crippen LogP contribution in [0.1, 0.15) is 77.2 Å². The molecule has 2 aromatic rings. The summed E-state index contributed by atoms with van der Waals surface area (Å²) in [4.78, 5) is 4.64. The molecule has 0 aliphatic carbocycles. The van der Waals surface area contributed by atoms with Crippen molar-refractivity contribution in [1.29, 1.82) is 0 Å². The van der Waals surface area contributed by atoms with Gasteiger partial charge in [-0.15, -0.1) is 0 Å². The molecule has 1 aromatic heterocycles. The van der Waals surface area contributed by atoms with E-state index < -0.39 is 0 Å². The van der Waals surface area contributed by atoms with Crippen LogP contribution in [0, 0.1) is 0 Å². The molecule has 3 heteroatoms. The third-order valence-corrected chi connectivity index (χ3v) is 5.18. The minimum atomic E-state index is 0.597. The summed E-state index contributed by atoms with van der Waals surface area (Å²) in [6.07, 6.45) is 14.7. The molecule has 29 heavy (non-hydrogen) atoms. The monoisotopic (exact) mass is 397 g/mol. The van der Waals surface area contributed by atoms with Gasteiger partial charge in [-0.1, -0.05) is 64.9 Å². The van der Waals surface area contributed by atoms with Gasteiger partial charge >= 0.3 is 0 Å². The van der Waals surface area contributed by atoms with E-state index >= 15 is 0 Å². The lowest BCUT2D eigenvalue weighted by molar-refractivity contribution is 0.0971. The maximum absolute atomic E-state index is 5.78. The van der Waals surface area contributed by atoms with Gasteiger partial charge in [-0.25, -0.2) is 0 Å². The van der Waals surface area contributed by atoms with E-state index in [1.165, 1.54) is 56.9 Å². The van der Waals surface area contributed by atoms with E-state index in [2.05, 4.69) is 43.1 Å². The van der Waals surface area contributed by atoms with Crippen LogP contribution >= 0.6 is 0 Å². The van der Waals surface area contributed by atoms with E-state index in [4.69, 9.17) is 9.47 Å². The van der Waals surface area contributed by atoms with Crippen LogP contribution in [0.3, 0.4) is 0 Å². The molecule has 1 aromatic carbocycles. The quantitative estimate of drug-likeness (QED) is 0.280. The Morgan fingerprint density at radius 1 is 0.690 bits per heavy atom. The average Bonchev–Trinajstić information content (AvgIpc) is 2.76. The molecule has 0 saturated carbocycles. The number of rotatable bonds is 16. The van der Waals surface area contributed by atoms with E-state index in [-0.39, 0.29) is 0 Å². The molecule has 0 unspecified atom stereocenters. The SMILES string of the molecule is CCCCCCCOCCOc1ccc(-c2ccc(CCCCCC)cn2)cc1. The minimum absolute atomic E-state index is 0.597. The minimum Gasteiger partial charge on any atom is -0.491 e. The van der Waals surface area contributed by atoms with Crippen molar-refractivity contribution in [3.05, 3.63) is 48.2 Å². The Hall–Kier alpha value is -1.87. The van der Waals surface area contributed by atoms with Crippen LogP contribution in [0.25, 0.3) is 11.3 Å². The summed E-state index contributed by atoms with van der Waals surface area (Å²) >= 11 is 0. The van der Waals surface area contributed by atoms with Gasteiger partial charge in [0.1, 0.15) is 12.4 Å². The molecule has 0 aliphatic rings. The van der Waals surface area contributed by atoms with Crippen molar-refractivity contribution in [3.8, 4) is 17.0 Å². The molecule has 0 amide bonds. The summed E-state index contributed by atoms with van der Waals surface area (Å²) in [6.45, 7) is 6.57. The van der Waals surface area contributed by atoms with Crippen LogP contribution in [0.5, 0.6) is 5.75 Å². The van der Waals surface area contributed by atoms with Gasteiger partial charge in [-0.2, -0.15) is 0 Å². The van der Waals surface area contributed by atoms with Crippen molar-refractivity contribution in [2.75, 3.05) is 19.8 Å². The Balaban J connectivity index is 1.65. The number of pyridine rings is 1. The highest BCUT2D eigenvalue weighted by Crippen LogP contribution is 2.21. The summed E-state index contributed by atoms with van der Waals surface area (Å²) in [5, 5.41) is 0. The molecule has 0 saturated heterocycles. The van der Waals surface area contributed by atoms with Crippen molar-refractivity contribution >= 4 is 0 Å². The molecule has 2 rings (SSSR count). The van der Waals surface area contributed by atoms with Gasteiger partial charge in [0.15, 0.2) is 0 Å². The highest BCUT2D eigenvalue weighted by molar-refractivity contribution is 5.60. The van der Waals surface area contributed by atoms with Gasteiger partial charge in [0.25, 0.3) is 0 Å². The first-order valence-electron chi connectivity index (χ1n) is 11.6. The molecular weight excluding hydrogens is 358 g/mol.